The van der Waals surface area contributed by atoms with Gasteiger partial charge in [0.25, 0.3) is 0 Å². The maximum atomic E-state index is 10.8. The largest absolute Gasteiger partial charge is 0.494 e. The van der Waals surface area contributed by atoms with E-state index in [1.165, 1.54) is 0 Å². The third kappa shape index (κ3) is 3.74. The van der Waals surface area contributed by atoms with Crippen LogP contribution < -0.4 is 10.5 Å². The third-order valence-electron chi connectivity index (χ3n) is 2.99. The average molecular weight is 251 g/mol. The summed E-state index contributed by atoms with van der Waals surface area (Å²) in [5.41, 5.74) is 6.38. The molecule has 0 fully saturated rings. The van der Waals surface area contributed by atoms with Crippen molar-refractivity contribution in [1.82, 2.24) is 0 Å². The Balaban J connectivity index is 2.80. The van der Waals surface area contributed by atoms with Crippen LogP contribution in [0, 0.1) is 0 Å². The minimum absolute atomic E-state index is 0.275. The van der Waals surface area contributed by atoms with E-state index in [2.05, 4.69) is 0 Å². The number of benzene rings is 1. The number of carboxylic acid groups (broad SMARTS) is 1. The van der Waals surface area contributed by atoms with Crippen molar-refractivity contribution in [3.8, 4) is 5.75 Å². The van der Waals surface area contributed by atoms with E-state index in [4.69, 9.17) is 15.6 Å². The summed E-state index contributed by atoms with van der Waals surface area (Å²) in [7, 11) is 0. The van der Waals surface area contributed by atoms with Gasteiger partial charge in [0, 0.05) is 0 Å². The van der Waals surface area contributed by atoms with Gasteiger partial charge in [0.05, 0.1) is 6.61 Å². The highest BCUT2D eigenvalue weighted by Gasteiger charge is 2.26. The van der Waals surface area contributed by atoms with Crippen molar-refractivity contribution < 1.29 is 14.6 Å². The second-order valence-corrected chi connectivity index (χ2v) is 4.99. The molecule has 0 aliphatic carbocycles. The van der Waals surface area contributed by atoms with Crippen LogP contribution in [-0.2, 0) is 10.2 Å². The Morgan fingerprint density at radius 2 is 1.94 bits per heavy atom. The van der Waals surface area contributed by atoms with E-state index < -0.39 is 12.0 Å². The summed E-state index contributed by atoms with van der Waals surface area (Å²) in [5.74, 6) is -0.145. The Morgan fingerprint density at radius 3 is 2.39 bits per heavy atom. The highest BCUT2D eigenvalue weighted by Crippen LogP contribution is 2.29. The van der Waals surface area contributed by atoms with Crippen LogP contribution in [0.25, 0.3) is 0 Å². The first-order valence-corrected chi connectivity index (χ1v) is 6.08. The molecule has 100 valence electrons. The lowest BCUT2D eigenvalue weighted by Gasteiger charge is -2.27. The van der Waals surface area contributed by atoms with E-state index in [1.54, 1.807) is 0 Å². The van der Waals surface area contributed by atoms with Crippen molar-refractivity contribution in [3.63, 3.8) is 0 Å². The lowest BCUT2D eigenvalue weighted by molar-refractivity contribution is -0.139. The van der Waals surface area contributed by atoms with E-state index >= 15 is 0 Å². The number of ether oxygens (including phenoxy) is 1. The molecular weight excluding hydrogens is 230 g/mol. The van der Waals surface area contributed by atoms with Crippen molar-refractivity contribution >= 4 is 5.97 Å². The van der Waals surface area contributed by atoms with Crippen LogP contribution in [0.1, 0.15) is 32.8 Å². The molecular formula is C14H21NO3. The van der Waals surface area contributed by atoms with E-state index in [1.807, 2.05) is 45.0 Å². The number of hydrogen-bond donors (Lipinski definition) is 2. The molecule has 1 atom stereocenters. The monoisotopic (exact) mass is 251 g/mol. The fraction of sp³-hybridized carbons (Fsp3) is 0.500. The molecule has 0 radical (unpaired) electrons. The number of rotatable bonds is 6. The van der Waals surface area contributed by atoms with Crippen LogP contribution in [0.2, 0.25) is 0 Å². The molecule has 18 heavy (non-hydrogen) atoms. The topological polar surface area (TPSA) is 72.5 Å². The van der Waals surface area contributed by atoms with Gasteiger partial charge < -0.3 is 15.6 Å². The number of carbonyl (C=O) groups is 1. The number of carboxylic acids is 1. The van der Waals surface area contributed by atoms with Crippen LogP contribution in [0.15, 0.2) is 24.3 Å². The van der Waals surface area contributed by atoms with Gasteiger partial charge >= 0.3 is 5.97 Å². The number of hydrogen-bond acceptors (Lipinski definition) is 3. The predicted molar refractivity (Wildman–Crippen MR) is 70.9 cm³/mol. The summed E-state index contributed by atoms with van der Waals surface area (Å²) in [5, 5.41) is 8.86. The normalized spacial score (nSPS) is 13.1. The van der Waals surface area contributed by atoms with Crippen LogP contribution in [0.3, 0.4) is 0 Å². The zero-order valence-electron chi connectivity index (χ0n) is 11.1. The van der Waals surface area contributed by atoms with E-state index in [0.29, 0.717) is 13.0 Å². The van der Waals surface area contributed by atoms with Crippen molar-refractivity contribution in [2.75, 3.05) is 6.61 Å². The van der Waals surface area contributed by atoms with Gasteiger partial charge in [0.15, 0.2) is 0 Å². The summed E-state index contributed by atoms with van der Waals surface area (Å²) in [6.07, 6.45) is 0.399. The zero-order chi connectivity index (χ0) is 13.8. The lowest BCUT2D eigenvalue weighted by atomic mass is 9.79. The molecule has 0 saturated heterocycles. The summed E-state index contributed by atoms with van der Waals surface area (Å²) < 4.78 is 5.37. The summed E-state index contributed by atoms with van der Waals surface area (Å²) in [6.45, 7) is 6.55. The molecule has 0 saturated carbocycles. The second kappa shape index (κ2) is 5.87. The van der Waals surface area contributed by atoms with Crippen molar-refractivity contribution in [1.29, 1.82) is 0 Å². The Hall–Kier alpha value is -1.55. The lowest BCUT2D eigenvalue weighted by Crippen LogP contribution is -2.36. The first-order chi connectivity index (χ1) is 8.36. The summed E-state index contributed by atoms with van der Waals surface area (Å²) in [4.78, 5) is 10.8. The average Bonchev–Trinajstić information content (AvgIpc) is 2.29. The highest BCUT2D eigenvalue weighted by atomic mass is 16.5. The Kier molecular flexibility index (Phi) is 4.73. The van der Waals surface area contributed by atoms with Crippen LogP contribution in [-0.4, -0.2) is 23.7 Å². The van der Waals surface area contributed by atoms with Crippen molar-refractivity contribution in [3.05, 3.63) is 29.8 Å². The van der Waals surface area contributed by atoms with Gasteiger partial charge in [-0.1, -0.05) is 26.0 Å². The van der Waals surface area contributed by atoms with Gasteiger partial charge in [0.2, 0.25) is 0 Å². The molecule has 0 aliphatic heterocycles. The van der Waals surface area contributed by atoms with Gasteiger partial charge in [-0.3, -0.25) is 4.79 Å². The minimum atomic E-state index is -0.964. The Labute approximate surface area is 108 Å². The third-order valence-corrected chi connectivity index (χ3v) is 2.99. The molecule has 1 aromatic carbocycles. The van der Waals surface area contributed by atoms with Crippen LogP contribution in [0.4, 0.5) is 0 Å². The van der Waals surface area contributed by atoms with E-state index in [-0.39, 0.29) is 5.41 Å². The maximum Gasteiger partial charge on any atom is 0.320 e. The Bertz CT molecular complexity index is 398. The fourth-order valence-electron chi connectivity index (χ4n) is 1.92. The predicted octanol–water partition coefficient (Wildman–Crippen LogP) is 2.16. The molecule has 3 N–H and O–H groups in total. The Morgan fingerprint density at radius 1 is 1.39 bits per heavy atom. The summed E-state index contributed by atoms with van der Waals surface area (Å²) >= 11 is 0. The molecule has 0 bridgehead atoms. The van der Waals surface area contributed by atoms with Gasteiger partial charge in [-0.15, -0.1) is 0 Å². The molecule has 1 unspecified atom stereocenters. The number of nitrogens with two attached hydrogens (primary N) is 1. The van der Waals surface area contributed by atoms with E-state index in [0.717, 1.165) is 11.3 Å². The van der Waals surface area contributed by atoms with Crippen LogP contribution >= 0.6 is 0 Å². The molecule has 4 nitrogen and oxygen atoms in total. The quantitative estimate of drug-likeness (QED) is 0.812. The van der Waals surface area contributed by atoms with Gasteiger partial charge in [-0.25, -0.2) is 0 Å². The first kappa shape index (κ1) is 14.5. The van der Waals surface area contributed by atoms with Crippen molar-refractivity contribution in [2.24, 2.45) is 5.73 Å². The van der Waals surface area contributed by atoms with Crippen molar-refractivity contribution in [2.45, 2.75) is 38.6 Å². The van der Waals surface area contributed by atoms with Gasteiger partial charge in [0.1, 0.15) is 11.8 Å². The standard InChI is InChI=1S/C14H21NO3/c1-4-18-11-7-5-10(6-8-11)14(2,3)9-12(15)13(16)17/h5-8,12H,4,9,15H2,1-3H3,(H,16,17). The fourth-order valence-corrected chi connectivity index (χ4v) is 1.92. The molecule has 0 heterocycles. The molecule has 0 spiro atoms. The molecule has 0 amide bonds. The smallest absolute Gasteiger partial charge is 0.320 e. The molecule has 1 aromatic rings. The summed E-state index contributed by atoms with van der Waals surface area (Å²) in [6, 6.07) is 6.87. The molecule has 0 aliphatic rings. The highest BCUT2D eigenvalue weighted by molar-refractivity contribution is 5.73. The van der Waals surface area contributed by atoms with E-state index in [9.17, 15) is 4.79 Å². The maximum absolute atomic E-state index is 10.8. The SMILES string of the molecule is CCOc1ccc(C(C)(C)CC(N)C(=O)O)cc1. The number of aliphatic carboxylic acids is 1. The first-order valence-electron chi connectivity index (χ1n) is 6.08. The van der Waals surface area contributed by atoms with Gasteiger partial charge in [-0.2, -0.15) is 0 Å². The van der Waals surface area contributed by atoms with Gasteiger partial charge in [-0.05, 0) is 36.5 Å². The zero-order valence-corrected chi connectivity index (χ0v) is 11.1. The molecule has 4 heteroatoms. The molecule has 0 aromatic heterocycles. The molecule has 1 rings (SSSR count). The minimum Gasteiger partial charge on any atom is -0.494 e. The van der Waals surface area contributed by atoms with Crippen LogP contribution in [0.5, 0.6) is 5.75 Å². The second-order valence-electron chi connectivity index (χ2n) is 4.99.